The molecule has 0 spiro atoms. The minimum Gasteiger partial charge on any atom is -0.496 e. The van der Waals surface area contributed by atoms with E-state index in [0.717, 1.165) is 0 Å². The number of imidazole rings is 1. The Morgan fingerprint density at radius 1 is 1.17 bits per heavy atom. The Balaban J connectivity index is 1.45. The van der Waals surface area contributed by atoms with Crippen LogP contribution in [0.5, 0.6) is 5.75 Å². The van der Waals surface area contributed by atoms with Gasteiger partial charge in [-0.05, 0) is 49.6 Å². The molecule has 4 amide bonds. The molecule has 2 aliphatic rings. The number of hydrogen-bond donors (Lipinski definition) is 4. The molecule has 13 heteroatoms. The summed E-state index contributed by atoms with van der Waals surface area (Å²) >= 11 is 6.04. The third-order valence-electron chi connectivity index (χ3n) is 7.73. The molecular formula is C29H32ClFN6O5. The highest BCUT2D eigenvalue weighted by atomic mass is 35.5. The first kappa shape index (κ1) is 29.2. The maximum atomic E-state index is 15.0. The molecule has 3 atom stereocenters. The minimum absolute atomic E-state index is 0.0449. The number of fused-ring (bicyclic) bond motifs is 4. The van der Waals surface area contributed by atoms with E-state index in [0.29, 0.717) is 66.4 Å². The van der Waals surface area contributed by atoms with Gasteiger partial charge in [-0.15, -0.1) is 0 Å². The van der Waals surface area contributed by atoms with Crippen LogP contribution >= 0.6 is 11.6 Å². The van der Waals surface area contributed by atoms with E-state index >= 15 is 4.39 Å². The summed E-state index contributed by atoms with van der Waals surface area (Å²) < 4.78 is 25.0. The fourth-order valence-electron chi connectivity index (χ4n) is 5.46. The van der Waals surface area contributed by atoms with Crippen LogP contribution in [-0.4, -0.2) is 53.7 Å². The summed E-state index contributed by atoms with van der Waals surface area (Å²) in [5.41, 5.74) is 2.45. The van der Waals surface area contributed by atoms with E-state index in [9.17, 15) is 14.4 Å². The smallest absolute Gasteiger partial charge is 0.411 e. The molecule has 0 unspecified atom stereocenters. The van der Waals surface area contributed by atoms with Crippen LogP contribution in [0.1, 0.15) is 56.1 Å². The lowest BCUT2D eigenvalue weighted by Gasteiger charge is -2.38. The quantitative estimate of drug-likeness (QED) is 0.290. The number of hydrogen-bond acceptors (Lipinski definition) is 6. The number of nitrogens with one attached hydrogen (secondary N) is 4. The number of nitrogens with zero attached hydrogens (tertiary/aromatic N) is 2. The van der Waals surface area contributed by atoms with Crippen molar-refractivity contribution >= 4 is 41.0 Å². The zero-order valence-corrected chi connectivity index (χ0v) is 24.2. The van der Waals surface area contributed by atoms with Crippen molar-refractivity contribution in [2.45, 2.75) is 44.7 Å². The van der Waals surface area contributed by atoms with Crippen LogP contribution in [0.25, 0.3) is 11.3 Å². The molecule has 5 rings (SSSR count). The van der Waals surface area contributed by atoms with Crippen LogP contribution in [0.3, 0.4) is 0 Å². The third-order valence-corrected chi connectivity index (χ3v) is 8.02. The summed E-state index contributed by atoms with van der Waals surface area (Å²) in [5.74, 6) is -0.193. The van der Waals surface area contributed by atoms with Gasteiger partial charge in [0.05, 0.1) is 54.5 Å². The first-order valence-electron chi connectivity index (χ1n) is 13.6. The number of anilines is 2. The number of H-pyrrole nitrogens is 1. The molecule has 0 saturated carbocycles. The highest BCUT2D eigenvalue weighted by Crippen LogP contribution is 2.38. The standard InChI is InChI=1S/C29H32ClFN6O5/c1-15-5-4-6-22(37-12-11-19(36-28(37)39)24-23(41-2)10-9-18(30)25(24)31)26-32-14-21(34-26)17-8-7-16(33-29(40)42-3)13-20(17)35-27(15)38/h7-10,13-15,19,22H,4-6,11-12H2,1-3H3,(H,32,34)(H,33,40)(H,35,38)(H,36,39)/t15-,19+,22+/m1/s1. The first-order valence-corrected chi connectivity index (χ1v) is 14.0. The van der Waals surface area contributed by atoms with E-state index in [2.05, 4.69) is 30.7 Å². The number of ether oxygens (including phenoxy) is 2. The third kappa shape index (κ3) is 5.85. The summed E-state index contributed by atoms with van der Waals surface area (Å²) in [6.07, 6.45) is 3.23. The number of aromatic amines is 1. The van der Waals surface area contributed by atoms with Crippen LogP contribution < -0.4 is 20.7 Å². The van der Waals surface area contributed by atoms with Crippen LogP contribution in [0, 0.1) is 11.7 Å². The van der Waals surface area contributed by atoms with Crippen molar-refractivity contribution in [1.29, 1.82) is 0 Å². The Bertz CT molecular complexity index is 1510. The maximum Gasteiger partial charge on any atom is 0.411 e. The number of halogens is 2. The van der Waals surface area contributed by atoms with Crippen molar-refractivity contribution in [3.63, 3.8) is 0 Å². The summed E-state index contributed by atoms with van der Waals surface area (Å²) in [6, 6.07) is 6.71. The molecule has 2 aliphatic heterocycles. The fourth-order valence-corrected chi connectivity index (χ4v) is 5.62. The Kier molecular flexibility index (Phi) is 8.53. The second kappa shape index (κ2) is 12.3. The molecule has 42 heavy (non-hydrogen) atoms. The zero-order valence-electron chi connectivity index (χ0n) is 23.4. The van der Waals surface area contributed by atoms with Crippen molar-refractivity contribution < 1.29 is 28.2 Å². The number of amides is 4. The Hall–Kier alpha value is -4.32. The SMILES string of the molecule is COC(=O)Nc1ccc2c(c1)NC(=O)[C@H](C)CCC[C@H](N1CC[C@@H](c3c(OC)ccc(Cl)c3F)NC1=O)c1ncc-2[nH]1. The van der Waals surface area contributed by atoms with Gasteiger partial charge < -0.3 is 30.0 Å². The highest BCUT2D eigenvalue weighted by Gasteiger charge is 2.36. The van der Waals surface area contributed by atoms with Crippen molar-refractivity contribution in [1.82, 2.24) is 20.2 Å². The Morgan fingerprint density at radius 2 is 1.98 bits per heavy atom. The molecule has 0 radical (unpaired) electrons. The van der Waals surface area contributed by atoms with E-state index < -0.39 is 24.0 Å². The molecule has 3 aromatic rings. The van der Waals surface area contributed by atoms with Crippen LogP contribution in [-0.2, 0) is 9.53 Å². The Morgan fingerprint density at radius 3 is 2.71 bits per heavy atom. The normalized spacial score (nSPS) is 20.8. The van der Waals surface area contributed by atoms with E-state index in [-0.39, 0.29) is 28.4 Å². The number of methoxy groups -OCH3 is 2. The van der Waals surface area contributed by atoms with Gasteiger partial charge in [0.15, 0.2) is 5.82 Å². The van der Waals surface area contributed by atoms with E-state index in [4.69, 9.17) is 16.3 Å². The van der Waals surface area contributed by atoms with Gasteiger partial charge in [-0.25, -0.2) is 19.0 Å². The van der Waals surface area contributed by atoms with E-state index in [1.807, 2.05) is 6.92 Å². The second-order valence-corrected chi connectivity index (χ2v) is 10.8. The van der Waals surface area contributed by atoms with Crippen LogP contribution in [0.2, 0.25) is 5.02 Å². The zero-order chi connectivity index (χ0) is 30.0. The lowest BCUT2D eigenvalue weighted by Crippen LogP contribution is -2.49. The van der Waals surface area contributed by atoms with Gasteiger partial charge in [0.2, 0.25) is 5.91 Å². The van der Waals surface area contributed by atoms with Gasteiger partial charge in [-0.2, -0.15) is 0 Å². The predicted octanol–water partition coefficient (Wildman–Crippen LogP) is 6.01. The number of carbonyl (C=O) groups is 3. The summed E-state index contributed by atoms with van der Waals surface area (Å²) in [6.45, 7) is 2.18. The Labute approximate surface area is 247 Å². The summed E-state index contributed by atoms with van der Waals surface area (Å²) in [5, 5.41) is 8.47. The van der Waals surface area contributed by atoms with E-state index in [1.165, 1.54) is 20.3 Å². The molecular weight excluding hydrogens is 567 g/mol. The van der Waals surface area contributed by atoms with Gasteiger partial charge >= 0.3 is 12.1 Å². The molecule has 2 bridgehead atoms. The van der Waals surface area contributed by atoms with Gasteiger partial charge in [0, 0.05) is 23.7 Å². The molecule has 11 nitrogen and oxygen atoms in total. The van der Waals surface area contributed by atoms with Crippen molar-refractivity contribution in [3.05, 3.63) is 58.8 Å². The average Bonchev–Trinajstić information content (AvgIpc) is 3.46. The van der Waals surface area contributed by atoms with Crippen LogP contribution in [0.4, 0.5) is 25.4 Å². The molecule has 1 saturated heterocycles. The topological polar surface area (TPSA) is 138 Å². The largest absolute Gasteiger partial charge is 0.496 e. The van der Waals surface area contributed by atoms with Crippen LogP contribution in [0.15, 0.2) is 36.5 Å². The van der Waals surface area contributed by atoms with Crippen molar-refractivity contribution in [2.75, 3.05) is 31.4 Å². The van der Waals surface area contributed by atoms with Gasteiger partial charge in [-0.3, -0.25) is 10.1 Å². The molecule has 1 fully saturated rings. The van der Waals surface area contributed by atoms with Gasteiger partial charge in [0.1, 0.15) is 11.6 Å². The molecule has 4 N–H and O–H groups in total. The molecule has 0 aliphatic carbocycles. The highest BCUT2D eigenvalue weighted by molar-refractivity contribution is 6.30. The van der Waals surface area contributed by atoms with Crippen molar-refractivity contribution in [2.24, 2.45) is 5.92 Å². The molecule has 222 valence electrons. The van der Waals surface area contributed by atoms with E-state index in [1.54, 1.807) is 35.4 Å². The van der Waals surface area contributed by atoms with Crippen molar-refractivity contribution in [3.8, 4) is 17.0 Å². The molecule has 3 heterocycles. The van der Waals surface area contributed by atoms with Gasteiger partial charge in [-0.1, -0.05) is 24.9 Å². The van der Waals surface area contributed by atoms with Gasteiger partial charge in [0.25, 0.3) is 0 Å². The summed E-state index contributed by atoms with van der Waals surface area (Å²) in [7, 11) is 2.71. The fraction of sp³-hybridized carbons (Fsp3) is 0.379. The number of urea groups is 1. The number of rotatable bonds is 4. The second-order valence-electron chi connectivity index (χ2n) is 10.4. The maximum absolute atomic E-state index is 15.0. The number of benzene rings is 2. The molecule has 1 aromatic heterocycles. The average molecular weight is 599 g/mol. The summed E-state index contributed by atoms with van der Waals surface area (Å²) in [4.78, 5) is 48.0. The number of aromatic nitrogens is 2. The molecule has 2 aromatic carbocycles. The lowest BCUT2D eigenvalue weighted by molar-refractivity contribution is -0.119. The predicted molar refractivity (Wildman–Crippen MR) is 155 cm³/mol. The lowest BCUT2D eigenvalue weighted by atomic mass is 9.96. The first-order chi connectivity index (χ1) is 20.2. The number of carbonyl (C=O) groups excluding carboxylic acids is 3. The monoisotopic (exact) mass is 598 g/mol. The minimum atomic E-state index is -0.631.